The number of imidazole rings is 1. The number of ketones is 1. The molecule has 1 unspecified atom stereocenters. The first-order valence-corrected chi connectivity index (χ1v) is 18.6. The molecule has 3 aromatic carbocycles. The number of H-pyrrole nitrogens is 2. The molecule has 286 valence electrons. The fraction of sp³-hybridized carbons (Fsp3) is 0.293. The molecule has 0 radical (unpaired) electrons. The Morgan fingerprint density at radius 3 is 2.45 bits per heavy atom. The monoisotopic (exact) mass is 756 g/mol. The van der Waals surface area contributed by atoms with Gasteiger partial charge in [0.1, 0.15) is 11.8 Å². The number of rotatable bonds is 11. The third kappa shape index (κ3) is 6.81. The lowest BCUT2D eigenvalue weighted by Gasteiger charge is -2.36. The van der Waals surface area contributed by atoms with Crippen molar-refractivity contribution in [2.45, 2.75) is 32.7 Å². The minimum Gasteiger partial charge on any atom is -0.483 e. The molecule has 0 saturated carbocycles. The van der Waals surface area contributed by atoms with Gasteiger partial charge >= 0.3 is 0 Å². The number of piperidine rings is 1. The first-order valence-electron chi connectivity index (χ1n) is 18.6. The number of aryl methyl sites for hydroxylation is 1. The van der Waals surface area contributed by atoms with Crippen LogP contribution in [0.2, 0.25) is 0 Å². The molecular weight excluding hydrogens is 716 g/mol. The first kappa shape index (κ1) is 36.4. The zero-order valence-electron chi connectivity index (χ0n) is 30.9. The fourth-order valence-corrected chi connectivity index (χ4v) is 7.83. The first-order chi connectivity index (χ1) is 27.1. The van der Waals surface area contributed by atoms with Crippen molar-refractivity contribution in [1.82, 2.24) is 35.4 Å². The molecular formula is C41H40N8O7. The number of hydrogen-bond donors (Lipinski definition) is 4. The number of benzene rings is 3. The Labute approximate surface area is 321 Å². The van der Waals surface area contributed by atoms with Crippen molar-refractivity contribution in [2.24, 2.45) is 0 Å². The Hall–Kier alpha value is -6.61. The molecule has 1 atom stereocenters. The van der Waals surface area contributed by atoms with Crippen LogP contribution in [0.25, 0.3) is 33.7 Å². The second-order valence-corrected chi connectivity index (χ2v) is 14.2. The Morgan fingerprint density at radius 1 is 0.911 bits per heavy atom. The van der Waals surface area contributed by atoms with Crippen molar-refractivity contribution < 1.29 is 33.5 Å². The van der Waals surface area contributed by atoms with E-state index in [2.05, 4.69) is 42.5 Å². The SMILES string of the molecule is CC(=O)c1c(C)[nH]c(-c2nc3ccc(N4CCN(CCNC(=O)COc5cccc6c5C(=O)N(C5CCC(=O)NC5=O)C6=O)CC4)cc3[nH]2)c1-c1ccccc1. The van der Waals surface area contributed by atoms with E-state index in [0.29, 0.717) is 24.5 Å². The molecule has 15 nitrogen and oxygen atoms in total. The molecule has 8 rings (SSSR count). The van der Waals surface area contributed by atoms with Crippen LogP contribution in [-0.4, -0.2) is 112 Å². The number of hydrogen-bond acceptors (Lipinski definition) is 10. The Bertz CT molecular complexity index is 2410. The van der Waals surface area contributed by atoms with Crippen LogP contribution >= 0.6 is 0 Å². The zero-order chi connectivity index (χ0) is 39.1. The molecule has 2 saturated heterocycles. The lowest BCUT2D eigenvalue weighted by molar-refractivity contribution is -0.136. The molecule has 5 heterocycles. The predicted octanol–water partition coefficient (Wildman–Crippen LogP) is 3.45. The smallest absolute Gasteiger partial charge is 0.266 e. The van der Waals surface area contributed by atoms with Crippen LogP contribution in [0.5, 0.6) is 5.75 Å². The molecule has 5 amide bonds. The van der Waals surface area contributed by atoms with Crippen LogP contribution in [0.15, 0.2) is 66.7 Å². The molecule has 0 bridgehead atoms. The van der Waals surface area contributed by atoms with Gasteiger partial charge in [-0.3, -0.25) is 43.9 Å². The zero-order valence-corrected chi connectivity index (χ0v) is 30.9. The van der Waals surface area contributed by atoms with Gasteiger partial charge in [-0.25, -0.2) is 4.98 Å². The number of piperazine rings is 1. The van der Waals surface area contributed by atoms with E-state index < -0.39 is 29.7 Å². The highest BCUT2D eigenvalue weighted by molar-refractivity contribution is 6.24. The third-order valence-electron chi connectivity index (χ3n) is 10.6. The molecule has 5 aromatic rings. The van der Waals surface area contributed by atoms with Crippen LogP contribution < -0.4 is 20.3 Å². The fourth-order valence-electron chi connectivity index (χ4n) is 7.83. The van der Waals surface area contributed by atoms with Gasteiger partial charge in [0.2, 0.25) is 11.8 Å². The summed E-state index contributed by atoms with van der Waals surface area (Å²) in [6.07, 6.45) is 0.0616. The maximum atomic E-state index is 13.3. The summed E-state index contributed by atoms with van der Waals surface area (Å²) in [7, 11) is 0. The number of carbonyl (C=O) groups is 6. The summed E-state index contributed by atoms with van der Waals surface area (Å²) < 4.78 is 5.70. The number of imide groups is 2. The molecule has 0 aliphatic carbocycles. The molecule has 15 heteroatoms. The van der Waals surface area contributed by atoms with Gasteiger partial charge in [-0.05, 0) is 56.2 Å². The maximum Gasteiger partial charge on any atom is 0.266 e. The normalized spacial score (nSPS) is 17.4. The van der Waals surface area contributed by atoms with Crippen LogP contribution in [0.1, 0.15) is 56.5 Å². The van der Waals surface area contributed by atoms with E-state index in [-0.39, 0.29) is 48.0 Å². The highest BCUT2D eigenvalue weighted by Gasteiger charge is 2.46. The van der Waals surface area contributed by atoms with E-state index in [1.54, 1.807) is 13.0 Å². The summed E-state index contributed by atoms with van der Waals surface area (Å²) >= 11 is 0. The Morgan fingerprint density at radius 2 is 1.70 bits per heavy atom. The molecule has 4 N–H and O–H groups in total. The summed E-state index contributed by atoms with van der Waals surface area (Å²) in [6.45, 7) is 7.34. The van der Waals surface area contributed by atoms with E-state index in [9.17, 15) is 28.8 Å². The second kappa shape index (κ2) is 14.9. The maximum absolute atomic E-state index is 13.3. The van der Waals surface area contributed by atoms with E-state index in [1.165, 1.54) is 12.1 Å². The number of anilines is 1. The van der Waals surface area contributed by atoms with Crippen molar-refractivity contribution in [3.8, 4) is 28.4 Å². The number of aromatic amines is 2. The van der Waals surface area contributed by atoms with Gasteiger partial charge in [0.05, 0.1) is 27.9 Å². The van der Waals surface area contributed by atoms with E-state index >= 15 is 0 Å². The van der Waals surface area contributed by atoms with Crippen molar-refractivity contribution >= 4 is 52.0 Å². The van der Waals surface area contributed by atoms with Crippen molar-refractivity contribution in [3.63, 3.8) is 0 Å². The number of carbonyl (C=O) groups excluding carboxylic acids is 6. The standard InChI is InChI=1S/C41H40N8O7/c1-23-34(24(2)50)35(25-7-4-3-5-8-25)37(43-23)38-44-28-12-11-26(21-29(28)45-38)48-19-17-47(18-20-48)16-15-42-33(52)22-56-31-10-6-9-27-36(31)41(55)49(40(27)54)30-13-14-32(51)46-39(30)53/h3-12,21,30,43H,13-20,22H2,1-2H3,(H,42,52)(H,44,45)(H,46,51,53). The minimum atomic E-state index is -1.09. The second-order valence-electron chi connectivity index (χ2n) is 14.2. The van der Waals surface area contributed by atoms with E-state index in [4.69, 9.17) is 9.72 Å². The Kier molecular flexibility index (Phi) is 9.68. The van der Waals surface area contributed by atoms with Crippen LogP contribution in [-0.2, 0) is 14.4 Å². The number of nitrogens with one attached hydrogen (secondary N) is 4. The van der Waals surface area contributed by atoms with Crippen molar-refractivity contribution in [3.05, 3.63) is 89.1 Å². The van der Waals surface area contributed by atoms with Crippen molar-refractivity contribution in [1.29, 1.82) is 0 Å². The van der Waals surface area contributed by atoms with E-state index in [0.717, 1.165) is 70.3 Å². The predicted molar refractivity (Wildman–Crippen MR) is 206 cm³/mol. The number of amides is 5. The summed E-state index contributed by atoms with van der Waals surface area (Å²) in [5.41, 5.74) is 6.87. The van der Waals surface area contributed by atoms with Crippen LogP contribution in [0.4, 0.5) is 5.69 Å². The third-order valence-corrected chi connectivity index (χ3v) is 10.6. The summed E-state index contributed by atoms with van der Waals surface area (Å²) in [5.74, 6) is -2.14. The molecule has 56 heavy (non-hydrogen) atoms. The van der Waals surface area contributed by atoms with Gasteiger partial charge in [-0.15, -0.1) is 0 Å². The number of aromatic nitrogens is 3. The molecule has 3 aliphatic rings. The number of ether oxygens (including phenoxy) is 1. The van der Waals surface area contributed by atoms with E-state index in [1.807, 2.05) is 43.3 Å². The number of nitrogens with zero attached hydrogens (tertiary/aromatic N) is 4. The largest absolute Gasteiger partial charge is 0.483 e. The number of Topliss-reactive ketones (excluding diaryl/α,β-unsaturated/α-hetero) is 1. The summed E-state index contributed by atoms with van der Waals surface area (Å²) in [4.78, 5) is 93.0. The summed E-state index contributed by atoms with van der Waals surface area (Å²) in [6, 6.07) is 19.5. The van der Waals surface area contributed by atoms with Gasteiger partial charge < -0.3 is 24.9 Å². The van der Waals surface area contributed by atoms with Gasteiger partial charge in [-0.1, -0.05) is 36.4 Å². The number of fused-ring (bicyclic) bond motifs is 2. The topological polar surface area (TPSA) is 190 Å². The van der Waals surface area contributed by atoms with Gasteiger partial charge in [0.25, 0.3) is 17.7 Å². The average molecular weight is 757 g/mol. The molecule has 2 fully saturated rings. The quantitative estimate of drug-likeness (QED) is 0.115. The lowest BCUT2D eigenvalue weighted by atomic mass is 9.98. The van der Waals surface area contributed by atoms with Crippen LogP contribution in [0, 0.1) is 6.92 Å². The Balaban J connectivity index is 0.839. The molecule has 3 aliphatic heterocycles. The van der Waals surface area contributed by atoms with Gasteiger partial charge in [0, 0.05) is 68.2 Å². The highest BCUT2D eigenvalue weighted by atomic mass is 16.5. The highest BCUT2D eigenvalue weighted by Crippen LogP contribution is 2.37. The average Bonchev–Trinajstić information content (AvgIpc) is 3.86. The van der Waals surface area contributed by atoms with Gasteiger partial charge in [-0.2, -0.15) is 0 Å². The molecule has 2 aromatic heterocycles. The van der Waals surface area contributed by atoms with Crippen LogP contribution in [0.3, 0.4) is 0 Å². The minimum absolute atomic E-state index is 0.00367. The van der Waals surface area contributed by atoms with Gasteiger partial charge in [0.15, 0.2) is 18.2 Å². The lowest BCUT2D eigenvalue weighted by Crippen LogP contribution is -2.54. The molecule has 0 spiro atoms. The van der Waals surface area contributed by atoms with Crippen molar-refractivity contribution in [2.75, 3.05) is 50.8 Å². The summed E-state index contributed by atoms with van der Waals surface area (Å²) in [5, 5.41) is 5.04.